The van der Waals surface area contributed by atoms with E-state index in [1.54, 1.807) is 13.2 Å². The van der Waals surface area contributed by atoms with E-state index in [0.29, 0.717) is 5.75 Å². The quantitative estimate of drug-likeness (QED) is 0.336. The van der Waals surface area contributed by atoms with Crippen LogP contribution < -0.4 is 15.0 Å². The average molecular weight is 585 g/mol. The second-order valence-corrected chi connectivity index (χ2v) is 9.90. The van der Waals surface area contributed by atoms with Gasteiger partial charge in [0.25, 0.3) is 0 Å². The van der Waals surface area contributed by atoms with Crippen molar-refractivity contribution in [3.63, 3.8) is 0 Å². The van der Waals surface area contributed by atoms with Gasteiger partial charge in [-0.25, -0.2) is 0 Å². The fraction of sp³-hybridized carbons (Fsp3) is 0.222. The molecule has 4 rings (SSSR count). The average Bonchev–Trinajstić information content (AvgIpc) is 2.84. The lowest BCUT2D eigenvalue weighted by molar-refractivity contribution is -0.111. The monoisotopic (exact) mass is 583 g/mol. The van der Waals surface area contributed by atoms with Crippen LogP contribution in [0.15, 0.2) is 81.8 Å². The van der Waals surface area contributed by atoms with Crippen LogP contribution in [0.5, 0.6) is 5.75 Å². The van der Waals surface area contributed by atoms with Crippen LogP contribution in [0, 0.1) is 0 Å². The minimum atomic E-state index is -0.194. The standard InChI is InChI=1S/C27H27Br2N3O2/c1-34-27-21(17-22(28)18-25(27)29)7-12-26(33)30-23-8-10-24(11-9-23)32-15-13-31(14-16-32)19-20-5-3-2-4-6-20/h2-12,17-18H,13-16,19H2,1H3,(H,30,33). The number of hydrogen-bond acceptors (Lipinski definition) is 4. The number of nitrogens with one attached hydrogen (secondary N) is 1. The van der Waals surface area contributed by atoms with Crippen LogP contribution in [-0.4, -0.2) is 44.1 Å². The second kappa shape index (κ2) is 11.7. The van der Waals surface area contributed by atoms with Gasteiger partial charge < -0.3 is 15.0 Å². The van der Waals surface area contributed by atoms with E-state index in [1.165, 1.54) is 17.3 Å². The SMILES string of the molecule is COc1c(Br)cc(Br)cc1C=CC(=O)Nc1ccc(N2CCN(Cc3ccccc3)CC2)cc1. The van der Waals surface area contributed by atoms with E-state index in [2.05, 4.69) is 89.4 Å². The highest BCUT2D eigenvalue weighted by atomic mass is 79.9. The summed E-state index contributed by atoms with van der Waals surface area (Å²) in [6, 6.07) is 22.5. The van der Waals surface area contributed by atoms with Crippen molar-refractivity contribution in [1.82, 2.24) is 4.90 Å². The van der Waals surface area contributed by atoms with Gasteiger partial charge in [-0.05, 0) is 64.0 Å². The van der Waals surface area contributed by atoms with Crippen LogP contribution in [0.4, 0.5) is 11.4 Å². The fourth-order valence-electron chi connectivity index (χ4n) is 4.03. The summed E-state index contributed by atoms with van der Waals surface area (Å²) in [7, 11) is 1.61. The molecular weight excluding hydrogens is 558 g/mol. The minimum absolute atomic E-state index is 0.194. The van der Waals surface area contributed by atoms with Crippen molar-refractivity contribution in [2.45, 2.75) is 6.54 Å². The summed E-state index contributed by atoms with van der Waals surface area (Å²) < 4.78 is 7.15. The van der Waals surface area contributed by atoms with Crippen LogP contribution in [-0.2, 0) is 11.3 Å². The van der Waals surface area contributed by atoms with Crippen LogP contribution in [0.2, 0.25) is 0 Å². The number of nitrogens with zero attached hydrogens (tertiary/aromatic N) is 2. The molecule has 5 nitrogen and oxygen atoms in total. The summed E-state index contributed by atoms with van der Waals surface area (Å²) in [6.45, 7) is 5.05. The molecular formula is C27H27Br2N3O2. The number of carbonyl (C=O) groups is 1. The predicted octanol–water partition coefficient (Wildman–Crippen LogP) is 6.19. The van der Waals surface area contributed by atoms with Gasteiger partial charge in [-0.3, -0.25) is 9.69 Å². The molecule has 0 aliphatic carbocycles. The molecule has 0 radical (unpaired) electrons. The Balaban J connectivity index is 1.30. The number of methoxy groups -OCH3 is 1. The first-order chi connectivity index (χ1) is 16.5. The molecule has 1 fully saturated rings. The zero-order chi connectivity index (χ0) is 23.9. The van der Waals surface area contributed by atoms with Crippen molar-refractivity contribution >= 4 is 55.2 Å². The Morgan fingerprint density at radius 3 is 2.38 bits per heavy atom. The molecule has 34 heavy (non-hydrogen) atoms. The molecule has 0 unspecified atom stereocenters. The van der Waals surface area contributed by atoms with E-state index in [4.69, 9.17) is 4.74 Å². The Labute approximate surface area is 217 Å². The highest BCUT2D eigenvalue weighted by Gasteiger charge is 2.17. The highest BCUT2D eigenvalue weighted by Crippen LogP contribution is 2.33. The molecule has 1 N–H and O–H groups in total. The number of amides is 1. The van der Waals surface area contributed by atoms with Gasteiger partial charge >= 0.3 is 0 Å². The molecule has 0 atom stereocenters. The molecule has 1 aliphatic rings. The van der Waals surface area contributed by atoms with E-state index >= 15 is 0 Å². The largest absolute Gasteiger partial charge is 0.495 e. The van der Waals surface area contributed by atoms with Crippen LogP contribution in [0.25, 0.3) is 6.08 Å². The second-order valence-electron chi connectivity index (χ2n) is 8.13. The van der Waals surface area contributed by atoms with Crippen molar-refractivity contribution in [3.8, 4) is 5.75 Å². The summed E-state index contributed by atoms with van der Waals surface area (Å²) in [4.78, 5) is 17.3. The zero-order valence-electron chi connectivity index (χ0n) is 19.0. The van der Waals surface area contributed by atoms with E-state index < -0.39 is 0 Å². The lowest BCUT2D eigenvalue weighted by Gasteiger charge is -2.36. The van der Waals surface area contributed by atoms with Crippen molar-refractivity contribution < 1.29 is 9.53 Å². The first-order valence-electron chi connectivity index (χ1n) is 11.2. The number of ether oxygens (including phenoxy) is 1. The third-order valence-electron chi connectivity index (χ3n) is 5.78. The molecule has 0 aromatic heterocycles. The zero-order valence-corrected chi connectivity index (χ0v) is 22.2. The highest BCUT2D eigenvalue weighted by molar-refractivity contribution is 9.11. The molecule has 0 saturated carbocycles. The van der Waals surface area contributed by atoms with E-state index in [1.807, 2.05) is 24.3 Å². The molecule has 3 aromatic rings. The summed E-state index contributed by atoms with van der Waals surface area (Å²) in [5, 5.41) is 2.93. The maximum Gasteiger partial charge on any atom is 0.248 e. The Hall–Kier alpha value is -2.61. The molecule has 3 aromatic carbocycles. The third kappa shape index (κ3) is 6.50. The van der Waals surface area contributed by atoms with Gasteiger partial charge in [0.2, 0.25) is 5.91 Å². The van der Waals surface area contributed by atoms with Gasteiger partial charge in [0.1, 0.15) is 5.75 Å². The smallest absolute Gasteiger partial charge is 0.248 e. The van der Waals surface area contributed by atoms with Crippen molar-refractivity contribution in [2.24, 2.45) is 0 Å². The Kier molecular flexibility index (Phi) is 8.43. The van der Waals surface area contributed by atoms with Crippen molar-refractivity contribution in [1.29, 1.82) is 0 Å². The van der Waals surface area contributed by atoms with Crippen LogP contribution >= 0.6 is 31.9 Å². The van der Waals surface area contributed by atoms with Crippen molar-refractivity contribution in [2.75, 3.05) is 43.5 Å². The number of halogens is 2. The molecule has 0 bridgehead atoms. The number of hydrogen-bond donors (Lipinski definition) is 1. The summed E-state index contributed by atoms with van der Waals surface area (Å²) in [6.07, 6.45) is 3.25. The molecule has 1 aliphatic heterocycles. The fourth-order valence-corrected chi connectivity index (χ4v) is 5.45. The normalized spacial score (nSPS) is 14.4. The van der Waals surface area contributed by atoms with Crippen LogP contribution in [0.3, 0.4) is 0 Å². The first kappa shape index (κ1) is 24.5. The molecule has 1 amide bonds. The van der Waals surface area contributed by atoms with Gasteiger partial charge in [0, 0.05) is 60.2 Å². The van der Waals surface area contributed by atoms with Gasteiger partial charge in [-0.2, -0.15) is 0 Å². The van der Waals surface area contributed by atoms with Gasteiger partial charge in [0.15, 0.2) is 0 Å². The third-order valence-corrected chi connectivity index (χ3v) is 6.82. The Bertz CT molecular complexity index is 1140. The lowest BCUT2D eigenvalue weighted by atomic mass is 10.2. The summed E-state index contributed by atoms with van der Waals surface area (Å²) >= 11 is 6.95. The number of benzene rings is 3. The van der Waals surface area contributed by atoms with E-state index in [0.717, 1.165) is 52.9 Å². The van der Waals surface area contributed by atoms with E-state index in [9.17, 15) is 4.79 Å². The lowest BCUT2D eigenvalue weighted by Crippen LogP contribution is -2.45. The summed E-state index contributed by atoms with van der Waals surface area (Å²) in [5.41, 5.74) is 4.11. The minimum Gasteiger partial charge on any atom is -0.495 e. The molecule has 0 spiro atoms. The molecule has 176 valence electrons. The van der Waals surface area contributed by atoms with Crippen LogP contribution in [0.1, 0.15) is 11.1 Å². The summed E-state index contributed by atoms with van der Waals surface area (Å²) in [5.74, 6) is 0.487. The molecule has 1 saturated heterocycles. The number of piperazine rings is 1. The number of anilines is 2. The van der Waals surface area contributed by atoms with E-state index in [-0.39, 0.29) is 5.91 Å². The van der Waals surface area contributed by atoms with Gasteiger partial charge in [-0.1, -0.05) is 46.3 Å². The number of carbonyl (C=O) groups excluding carboxylic acids is 1. The van der Waals surface area contributed by atoms with Crippen molar-refractivity contribution in [3.05, 3.63) is 92.9 Å². The van der Waals surface area contributed by atoms with Gasteiger partial charge in [-0.15, -0.1) is 0 Å². The Morgan fingerprint density at radius 2 is 1.71 bits per heavy atom. The maximum atomic E-state index is 12.4. The molecule has 7 heteroatoms. The number of rotatable bonds is 7. The Morgan fingerprint density at radius 1 is 1.00 bits per heavy atom. The maximum absolute atomic E-state index is 12.4. The molecule has 1 heterocycles. The topological polar surface area (TPSA) is 44.8 Å². The van der Waals surface area contributed by atoms with Gasteiger partial charge in [0.05, 0.1) is 11.6 Å². The first-order valence-corrected chi connectivity index (χ1v) is 12.7. The predicted molar refractivity (Wildman–Crippen MR) is 146 cm³/mol.